The number of amides is 1. The Morgan fingerprint density at radius 1 is 1.00 bits per heavy atom. The number of rotatable bonds is 11. The summed E-state index contributed by atoms with van der Waals surface area (Å²) in [4.78, 5) is 29.7. The lowest BCUT2D eigenvalue weighted by Crippen LogP contribution is -2.61. The standard InChI is InChI=1S/C42H79N3O13/c1-15-31-42(11,52)35(48)27(6)45(13)22-23(2)20-40(9,51)37(58-39-33(47)30(19-24(3)54-39)44(12)18-16-17-43-29(8)46)25(4)34(26(5)38(50)56-31)57-32-21-41(10,53-14)36(49)28(7)55-32/h23-28,30-37,39,47-49,51-52H,15-22H2,1-14H3,(H,43,46)/t23-,24-,25+,26-,27-,28+,30+,31-,32+,33-,34+,35-,36+,37-,39+,40-,41-,42-/m1/s1. The lowest BCUT2D eigenvalue weighted by molar-refractivity contribution is -0.318. The topological polar surface area (TPSA) is 209 Å². The minimum Gasteiger partial charge on any atom is -0.459 e. The molecule has 1 amide bonds. The number of hydrogen-bond donors (Lipinski definition) is 6. The van der Waals surface area contributed by atoms with E-state index in [1.165, 1.54) is 21.0 Å². The predicted octanol–water partition coefficient (Wildman–Crippen LogP) is 1.80. The van der Waals surface area contributed by atoms with Crippen LogP contribution in [0.4, 0.5) is 0 Å². The van der Waals surface area contributed by atoms with E-state index in [9.17, 15) is 35.1 Å². The Kier molecular flexibility index (Phi) is 18.4. The molecule has 0 bridgehead atoms. The van der Waals surface area contributed by atoms with Crippen LogP contribution in [0.1, 0.15) is 108 Å². The molecular weight excluding hydrogens is 754 g/mol. The maximum atomic E-state index is 14.3. The molecule has 3 rings (SSSR count). The molecule has 0 aromatic rings. The molecule has 340 valence electrons. The van der Waals surface area contributed by atoms with Gasteiger partial charge in [0.15, 0.2) is 12.6 Å². The average Bonchev–Trinajstić information content (AvgIpc) is 3.14. The van der Waals surface area contributed by atoms with E-state index >= 15 is 0 Å². The molecule has 3 fully saturated rings. The monoisotopic (exact) mass is 834 g/mol. The van der Waals surface area contributed by atoms with Gasteiger partial charge >= 0.3 is 5.97 Å². The van der Waals surface area contributed by atoms with E-state index in [0.29, 0.717) is 32.5 Å². The van der Waals surface area contributed by atoms with Gasteiger partial charge in [0.2, 0.25) is 5.91 Å². The minimum absolute atomic E-state index is 0.111. The van der Waals surface area contributed by atoms with Gasteiger partial charge in [0.25, 0.3) is 0 Å². The molecule has 0 radical (unpaired) electrons. The summed E-state index contributed by atoms with van der Waals surface area (Å²) < 4.78 is 37.9. The predicted molar refractivity (Wildman–Crippen MR) is 216 cm³/mol. The van der Waals surface area contributed by atoms with E-state index in [1.54, 1.807) is 41.5 Å². The zero-order chi connectivity index (χ0) is 44.1. The normalized spacial score (nSPS) is 45.6. The molecule has 6 N–H and O–H groups in total. The number of esters is 1. The highest BCUT2D eigenvalue weighted by Crippen LogP contribution is 2.40. The SMILES string of the molecule is CC[C@H]1OC(=O)[C@H](C)[C@@H](O[C@H]2C[C@@](C)(OC)[C@@H](O)[C@H](C)O2)[C@H](C)[C@@H](O[C@@H]2O[C@H](C)C[C@H](N(C)CCCNC(C)=O)[C@H]2O)[C@](C)(O)C[C@@H](C)CN(C)[C@H](C)[C@@H](O)[C@]1(C)O. The van der Waals surface area contributed by atoms with Crippen LogP contribution in [0.5, 0.6) is 0 Å². The molecule has 3 aliphatic rings. The highest BCUT2D eigenvalue weighted by atomic mass is 16.7. The lowest BCUT2D eigenvalue weighted by Gasteiger charge is -2.49. The van der Waals surface area contributed by atoms with E-state index in [1.807, 2.05) is 44.7 Å². The number of carbonyl (C=O) groups is 2. The van der Waals surface area contributed by atoms with Crippen LogP contribution in [0.3, 0.4) is 0 Å². The van der Waals surface area contributed by atoms with Gasteiger partial charge in [-0.3, -0.25) is 9.59 Å². The van der Waals surface area contributed by atoms with E-state index in [4.69, 9.17) is 28.4 Å². The van der Waals surface area contributed by atoms with Crippen molar-refractivity contribution < 1.29 is 63.5 Å². The van der Waals surface area contributed by atoms with Gasteiger partial charge in [-0.2, -0.15) is 0 Å². The number of aliphatic hydroxyl groups excluding tert-OH is 3. The summed E-state index contributed by atoms with van der Waals surface area (Å²) in [5, 5.41) is 61.7. The zero-order valence-electron chi connectivity index (χ0n) is 37.7. The Balaban J connectivity index is 2.13. The molecule has 16 heteroatoms. The summed E-state index contributed by atoms with van der Waals surface area (Å²) in [5.41, 5.74) is -4.47. The quantitative estimate of drug-likeness (QED) is 0.130. The third kappa shape index (κ3) is 12.3. The number of ether oxygens (including phenoxy) is 6. The van der Waals surface area contributed by atoms with Gasteiger partial charge in [0.1, 0.15) is 30.0 Å². The van der Waals surface area contributed by atoms with Crippen molar-refractivity contribution in [3.05, 3.63) is 0 Å². The molecule has 16 nitrogen and oxygen atoms in total. The van der Waals surface area contributed by atoms with Gasteiger partial charge in [0, 0.05) is 51.5 Å². The van der Waals surface area contributed by atoms with Crippen molar-refractivity contribution in [3.63, 3.8) is 0 Å². The smallest absolute Gasteiger partial charge is 0.311 e. The zero-order valence-corrected chi connectivity index (χ0v) is 37.7. The molecule has 3 heterocycles. The van der Waals surface area contributed by atoms with Crippen LogP contribution in [0.15, 0.2) is 0 Å². The molecule has 0 aromatic heterocycles. The molecule has 0 spiro atoms. The summed E-state index contributed by atoms with van der Waals surface area (Å²) in [6.45, 7) is 20.5. The fraction of sp³-hybridized carbons (Fsp3) is 0.952. The van der Waals surface area contributed by atoms with Crippen LogP contribution in [0.2, 0.25) is 0 Å². The molecule has 3 aliphatic heterocycles. The molecule has 3 saturated heterocycles. The van der Waals surface area contributed by atoms with Crippen LogP contribution in [-0.4, -0.2) is 178 Å². The number of carbonyl (C=O) groups excluding carboxylic acids is 2. The van der Waals surface area contributed by atoms with Crippen molar-refractivity contribution in [1.82, 2.24) is 15.1 Å². The maximum Gasteiger partial charge on any atom is 0.311 e. The number of methoxy groups -OCH3 is 1. The second-order valence-corrected chi connectivity index (χ2v) is 18.5. The summed E-state index contributed by atoms with van der Waals surface area (Å²) >= 11 is 0. The number of aliphatic hydroxyl groups is 5. The molecule has 18 atom stereocenters. The van der Waals surface area contributed by atoms with Gasteiger partial charge in [0.05, 0.1) is 41.5 Å². The number of nitrogens with one attached hydrogen (secondary N) is 1. The Hall–Kier alpha value is -1.54. The van der Waals surface area contributed by atoms with E-state index < -0.39 is 96.0 Å². The van der Waals surface area contributed by atoms with E-state index in [-0.39, 0.29) is 43.2 Å². The van der Waals surface area contributed by atoms with Crippen LogP contribution in [-0.2, 0) is 38.0 Å². The maximum absolute atomic E-state index is 14.3. The summed E-state index contributed by atoms with van der Waals surface area (Å²) in [6, 6.07) is -0.931. The summed E-state index contributed by atoms with van der Waals surface area (Å²) in [7, 11) is 5.24. The van der Waals surface area contributed by atoms with Crippen molar-refractivity contribution in [3.8, 4) is 0 Å². The minimum atomic E-state index is -1.82. The first-order chi connectivity index (χ1) is 26.8. The molecule has 0 unspecified atom stereocenters. The highest BCUT2D eigenvalue weighted by Gasteiger charge is 2.52. The van der Waals surface area contributed by atoms with Gasteiger partial charge in [-0.15, -0.1) is 0 Å². The first-order valence-electron chi connectivity index (χ1n) is 21.3. The Morgan fingerprint density at radius 2 is 1.64 bits per heavy atom. The third-order valence-electron chi connectivity index (χ3n) is 13.2. The van der Waals surface area contributed by atoms with Crippen LogP contribution in [0.25, 0.3) is 0 Å². The average molecular weight is 834 g/mol. The van der Waals surface area contributed by atoms with Crippen LogP contribution >= 0.6 is 0 Å². The Morgan fingerprint density at radius 3 is 2.22 bits per heavy atom. The van der Waals surface area contributed by atoms with Crippen molar-refractivity contribution in [2.45, 2.75) is 199 Å². The highest BCUT2D eigenvalue weighted by molar-refractivity contribution is 5.73. The van der Waals surface area contributed by atoms with Gasteiger partial charge in [-0.1, -0.05) is 20.8 Å². The van der Waals surface area contributed by atoms with Crippen molar-refractivity contribution in [2.24, 2.45) is 17.8 Å². The van der Waals surface area contributed by atoms with Gasteiger partial charge in [-0.05, 0) is 101 Å². The summed E-state index contributed by atoms with van der Waals surface area (Å²) in [6.07, 6.45) is -8.11. The Bertz CT molecular complexity index is 1310. The number of likely N-dealkylation sites (N-methyl/N-ethyl adjacent to an activating group) is 2. The molecule has 0 aliphatic carbocycles. The second kappa shape index (κ2) is 21.0. The first kappa shape index (κ1) is 50.8. The van der Waals surface area contributed by atoms with Crippen molar-refractivity contribution in [2.75, 3.05) is 40.8 Å². The largest absolute Gasteiger partial charge is 0.459 e. The van der Waals surface area contributed by atoms with Crippen LogP contribution < -0.4 is 5.32 Å². The number of cyclic esters (lactones) is 1. The van der Waals surface area contributed by atoms with Crippen molar-refractivity contribution >= 4 is 11.9 Å². The fourth-order valence-electron chi connectivity index (χ4n) is 9.42. The molecular formula is C42H79N3O13. The summed E-state index contributed by atoms with van der Waals surface area (Å²) in [5.74, 6) is -2.83. The van der Waals surface area contributed by atoms with Gasteiger partial charge < -0.3 is 69.1 Å². The van der Waals surface area contributed by atoms with E-state index in [0.717, 1.165) is 0 Å². The molecule has 58 heavy (non-hydrogen) atoms. The molecule has 0 aromatic carbocycles. The van der Waals surface area contributed by atoms with Crippen molar-refractivity contribution in [1.29, 1.82) is 0 Å². The van der Waals surface area contributed by atoms with E-state index in [2.05, 4.69) is 5.32 Å². The Labute approximate surface area is 347 Å². The first-order valence-corrected chi connectivity index (χ1v) is 21.3. The number of hydrogen-bond acceptors (Lipinski definition) is 15. The lowest BCUT2D eigenvalue weighted by atomic mass is 9.77. The van der Waals surface area contributed by atoms with Gasteiger partial charge in [-0.25, -0.2) is 0 Å². The second-order valence-electron chi connectivity index (χ2n) is 18.5. The van der Waals surface area contributed by atoms with Crippen LogP contribution in [0, 0.1) is 17.8 Å². The number of nitrogens with zero attached hydrogens (tertiary/aromatic N) is 2. The molecule has 0 saturated carbocycles. The fourth-order valence-corrected chi connectivity index (χ4v) is 9.42. The third-order valence-corrected chi connectivity index (χ3v) is 13.2.